The van der Waals surface area contributed by atoms with Crippen LogP contribution in [-0.2, 0) is 0 Å². The molecule has 6 nitrogen and oxygen atoms in total. The fraction of sp³-hybridized carbons (Fsp3) is 0.200. The number of nitriles is 1. The van der Waals surface area contributed by atoms with E-state index in [0.717, 1.165) is 15.9 Å². The molecule has 0 amide bonds. The van der Waals surface area contributed by atoms with Crippen LogP contribution >= 0.6 is 23.4 Å². The largest absolute Gasteiger partial charge is 0.510 e. The number of aliphatic hydroxyl groups is 1. The van der Waals surface area contributed by atoms with Gasteiger partial charge < -0.3 is 19.6 Å². The second kappa shape index (κ2) is 7.66. The number of hydrogen-bond acceptors (Lipinski definition) is 6. The van der Waals surface area contributed by atoms with E-state index in [2.05, 4.69) is 16.0 Å². The number of H-pyrrole nitrogens is 1. The number of fused-ring (bicyclic) bond motifs is 2. The molecule has 28 heavy (non-hydrogen) atoms. The highest BCUT2D eigenvalue weighted by atomic mass is 35.5. The molecule has 4 rings (SSSR count). The van der Waals surface area contributed by atoms with E-state index in [1.165, 1.54) is 11.8 Å². The minimum Gasteiger partial charge on any atom is -0.510 e. The smallest absolute Gasteiger partial charge is 0.162 e. The molecule has 1 aromatic heterocycles. The molecule has 0 radical (unpaired) electrons. The van der Waals surface area contributed by atoms with Crippen molar-refractivity contribution in [3.63, 3.8) is 0 Å². The van der Waals surface area contributed by atoms with E-state index >= 15 is 0 Å². The Morgan fingerprint density at radius 1 is 1.29 bits per heavy atom. The highest BCUT2D eigenvalue weighted by Crippen LogP contribution is 2.42. The Morgan fingerprint density at radius 3 is 2.71 bits per heavy atom. The molecule has 2 aromatic carbocycles. The fourth-order valence-electron chi connectivity index (χ4n) is 2.89. The molecule has 0 spiro atoms. The van der Waals surface area contributed by atoms with Crippen LogP contribution in [0.5, 0.6) is 11.5 Å². The zero-order valence-electron chi connectivity index (χ0n) is 14.9. The van der Waals surface area contributed by atoms with Crippen molar-refractivity contribution < 1.29 is 14.6 Å². The summed E-state index contributed by atoms with van der Waals surface area (Å²) in [5, 5.41) is 20.4. The molecular formula is C20H16ClN3O3S. The van der Waals surface area contributed by atoms with Gasteiger partial charge in [-0.2, -0.15) is 5.26 Å². The minimum atomic E-state index is -0.428. The fourth-order valence-corrected chi connectivity index (χ4v) is 4.13. The van der Waals surface area contributed by atoms with E-state index < -0.39 is 5.25 Å². The Labute approximate surface area is 170 Å². The number of aromatic nitrogens is 2. The van der Waals surface area contributed by atoms with E-state index in [1.807, 2.05) is 24.3 Å². The molecule has 0 fully saturated rings. The maximum absolute atomic E-state index is 10.7. The van der Waals surface area contributed by atoms with Crippen molar-refractivity contribution in [2.45, 2.75) is 17.1 Å². The minimum absolute atomic E-state index is 0.0717. The first-order valence-electron chi connectivity index (χ1n) is 8.61. The average Bonchev–Trinajstić information content (AvgIpc) is 3.12. The number of nitrogens with zero attached hydrogens (tertiary/aromatic N) is 2. The molecule has 1 atom stereocenters. The molecular weight excluding hydrogens is 398 g/mol. The van der Waals surface area contributed by atoms with Crippen LogP contribution in [0.3, 0.4) is 0 Å². The number of imidazole rings is 1. The van der Waals surface area contributed by atoms with Gasteiger partial charge in [-0.1, -0.05) is 23.7 Å². The SMILES string of the molecule is C[C@@H](Sc1cc2c(cc1Cl)OCCO2)C(O)=C(C#N)c1nc2ccccc2[nH]1. The van der Waals surface area contributed by atoms with Gasteiger partial charge in [0, 0.05) is 11.0 Å². The number of benzene rings is 2. The topological polar surface area (TPSA) is 91.2 Å². The number of aliphatic hydroxyl groups excluding tert-OH is 1. The normalized spacial score (nSPS) is 15.0. The third kappa shape index (κ3) is 3.49. The number of halogens is 1. The molecule has 0 bridgehead atoms. The van der Waals surface area contributed by atoms with Crippen molar-refractivity contribution >= 4 is 40.0 Å². The lowest BCUT2D eigenvalue weighted by Gasteiger charge is -2.20. The highest BCUT2D eigenvalue weighted by molar-refractivity contribution is 8.00. The van der Waals surface area contributed by atoms with Crippen LogP contribution in [-0.4, -0.2) is 33.5 Å². The molecule has 2 heterocycles. The molecule has 8 heteroatoms. The molecule has 2 N–H and O–H groups in total. The van der Waals surface area contributed by atoms with E-state index in [4.69, 9.17) is 21.1 Å². The van der Waals surface area contributed by atoms with Gasteiger partial charge in [-0.05, 0) is 25.1 Å². The summed E-state index contributed by atoms with van der Waals surface area (Å²) in [7, 11) is 0. The van der Waals surface area contributed by atoms with E-state index in [0.29, 0.717) is 35.6 Å². The Balaban J connectivity index is 1.64. The van der Waals surface area contributed by atoms with E-state index in [-0.39, 0.29) is 11.3 Å². The maximum atomic E-state index is 10.7. The third-order valence-corrected chi connectivity index (χ3v) is 5.87. The van der Waals surface area contributed by atoms with Crippen LogP contribution in [0.4, 0.5) is 0 Å². The summed E-state index contributed by atoms with van der Waals surface area (Å²) in [6.45, 7) is 2.76. The molecule has 142 valence electrons. The van der Waals surface area contributed by atoms with Gasteiger partial charge >= 0.3 is 0 Å². The van der Waals surface area contributed by atoms with Gasteiger partial charge in [0.05, 0.1) is 21.3 Å². The monoisotopic (exact) mass is 413 g/mol. The lowest BCUT2D eigenvalue weighted by atomic mass is 10.2. The maximum Gasteiger partial charge on any atom is 0.162 e. The van der Waals surface area contributed by atoms with E-state index in [9.17, 15) is 10.4 Å². The van der Waals surface area contributed by atoms with Crippen molar-refractivity contribution in [3.8, 4) is 17.6 Å². The first-order valence-corrected chi connectivity index (χ1v) is 9.86. The number of para-hydroxylation sites is 2. The number of ether oxygens (including phenoxy) is 2. The Kier molecular flexibility index (Phi) is 5.07. The summed E-state index contributed by atoms with van der Waals surface area (Å²) >= 11 is 7.68. The first-order chi connectivity index (χ1) is 13.6. The van der Waals surface area contributed by atoms with Crippen LogP contribution in [0.15, 0.2) is 47.1 Å². The summed E-state index contributed by atoms with van der Waals surface area (Å²) in [5.74, 6) is 1.49. The predicted octanol–water partition coefficient (Wildman–Crippen LogP) is 4.96. The Morgan fingerprint density at radius 2 is 2.00 bits per heavy atom. The molecule has 0 saturated heterocycles. The van der Waals surface area contributed by atoms with Gasteiger partial charge in [0.25, 0.3) is 0 Å². The van der Waals surface area contributed by atoms with Crippen molar-refractivity contribution in [1.82, 2.24) is 9.97 Å². The number of rotatable bonds is 4. The van der Waals surface area contributed by atoms with Crippen molar-refractivity contribution in [2.24, 2.45) is 0 Å². The third-order valence-electron chi connectivity index (χ3n) is 4.28. The van der Waals surface area contributed by atoms with Crippen LogP contribution in [0, 0.1) is 11.3 Å². The number of thioether (sulfide) groups is 1. The first kappa shape index (κ1) is 18.5. The van der Waals surface area contributed by atoms with Crippen LogP contribution in [0.1, 0.15) is 12.7 Å². The molecule has 0 saturated carbocycles. The Hall–Kier alpha value is -2.82. The average molecular weight is 414 g/mol. The molecule has 0 unspecified atom stereocenters. The van der Waals surface area contributed by atoms with Gasteiger partial charge in [0.15, 0.2) is 17.3 Å². The van der Waals surface area contributed by atoms with Crippen molar-refractivity contribution in [1.29, 1.82) is 5.26 Å². The van der Waals surface area contributed by atoms with Crippen LogP contribution in [0.25, 0.3) is 16.6 Å². The second-order valence-electron chi connectivity index (χ2n) is 6.16. The molecule has 0 aliphatic carbocycles. The Bertz CT molecular complexity index is 1090. The molecule has 1 aliphatic heterocycles. The lowest BCUT2D eigenvalue weighted by molar-refractivity contribution is 0.171. The van der Waals surface area contributed by atoms with Crippen LogP contribution < -0.4 is 9.47 Å². The zero-order valence-corrected chi connectivity index (χ0v) is 16.5. The number of nitrogens with one attached hydrogen (secondary N) is 1. The zero-order chi connectivity index (χ0) is 19.7. The van der Waals surface area contributed by atoms with Gasteiger partial charge in [0.2, 0.25) is 0 Å². The number of allylic oxidation sites excluding steroid dienone is 1. The second-order valence-corrected chi connectivity index (χ2v) is 7.95. The number of aromatic amines is 1. The summed E-state index contributed by atoms with van der Waals surface area (Å²) in [4.78, 5) is 8.21. The van der Waals surface area contributed by atoms with Crippen LogP contribution in [0.2, 0.25) is 5.02 Å². The number of hydrogen-bond donors (Lipinski definition) is 2. The highest BCUT2D eigenvalue weighted by Gasteiger charge is 2.22. The van der Waals surface area contributed by atoms with Gasteiger partial charge in [-0.3, -0.25) is 0 Å². The van der Waals surface area contributed by atoms with E-state index in [1.54, 1.807) is 19.1 Å². The summed E-state index contributed by atoms with van der Waals surface area (Å²) in [5.41, 5.74) is 1.63. The predicted molar refractivity (Wildman–Crippen MR) is 109 cm³/mol. The summed E-state index contributed by atoms with van der Waals surface area (Å²) < 4.78 is 11.1. The standard InChI is InChI=1S/C20H16ClN3O3S/c1-11(28-18-9-17-16(8-13(18)21)26-6-7-27-17)19(25)12(10-22)20-23-14-4-2-3-5-15(14)24-20/h2-5,8-9,11,25H,6-7H2,1H3,(H,23,24)/t11-/m1/s1. The molecule has 3 aromatic rings. The van der Waals surface area contributed by atoms with Gasteiger partial charge in [-0.15, -0.1) is 11.8 Å². The summed E-state index contributed by atoms with van der Waals surface area (Å²) in [6, 6.07) is 13.0. The van der Waals surface area contributed by atoms with Crippen molar-refractivity contribution in [3.05, 3.63) is 53.0 Å². The van der Waals surface area contributed by atoms with Crippen molar-refractivity contribution in [2.75, 3.05) is 13.2 Å². The van der Waals surface area contributed by atoms with Gasteiger partial charge in [-0.25, -0.2) is 4.98 Å². The molecule has 1 aliphatic rings. The quantitative estimate of drug-likeness (QED) is 0.357. The summed E-state index contributed by atoms with van der Waals surface area (Å²) in [6.07, 6.45) is 0. The van der Waals surface area contributed by atoms with Gasteiger partial charge in [0.1, 0.15) is 30.6 Å². The lowest BCUT2D eigenvalue weighted by Crippen LogP contribution is -2.15.